The highest BCUT2D eigenvalue weighted by Crippen LogP contribution is 2.16. The van der Waals surface area contributed by atoms with Crippen LogP contribution in [0.15, 0.2) is 36.5 Å². The van der Waals surface area contributed by atoms with Crippen molar-refractivity contribution in [1.29, 1.82) is 0 Å². The highest BCUT2D eigenvalue weighted by Gasteiger charge is 2.21. The molecule has 1 atom stereocenters. The van der Waals surface area contributed by atoms with E-state index in [4.69, 9.17) is 0 Å². The molecule has 0 aliphatic heterocycles. The van der Waals surface area contributed by atoms with E-state index in [1.807, 2.05) is 13.8 Å². The van der Waals surface area contributed by atoms with Crippen molar-refractivity contribution in [3.63, 3.8) is 0 Å². The van der Waals surface area contributed by atoms with Crippen molar-refractivity contribution in [3.8, 4) is 0 Å². The van der Waals surface area contributed by atoms with Gasteiger partial charge in [-0.2, -0.15) is 5.10 Å². The topological polar surface area (TPSA) is 84.2 Å². The van der Waals surface area contributed by atoms with Crippen molar-refractivity contribution >= 4 is 11.9 Å². The van der Waals surface area contributed by atoms with Gasteiger partial charge in [-0.05, 0) is 37.6 Å². The number of carboxylic acids is 1. The molecule has 2 aromatic rings. The van der Waals surface area contributed by atoms with Crippen LogP contribution >= 0.6 is 0 Å². The molecule has 1 aromatic heterocycles. The van der Waals surface area contributed by atoms with Crippen molar-refractivity contribution in [2.24, 2.45) is 0 Å². The number of nitrogens with zero attached hydrogens (tertiary/aromatic N) is 2. The molecule has 0 aliphatic carbocycles. The second-order valence-electron chi connectivity index (χ2n) is 5.43. The van der Waals surface area contributed by atoms with Crippen molar-refractivity contribution < 1.29 is 19.1 Å². The number of amides is 1. The zero-order valence-corrected chi connectivity index (χ0v) is 12.9. The Hall–Kier alpha value is -2.70. The largest absolute Gasteiger partial charge is 0.481 e. The van der Waals surface area contributed by atoms with Gasteiger partial charge in [-0.15, -0.1) is 0 Å². The number of carbonyl (C=O) groups is 2. The highest BCUT2D eigenvalue weighted by atomic mass is 19.1. The summed E-state index contributed by atoms with van der Waals surface area (Å²) in [6.07, 6.45) is 1.69. The number of aliphatic carboxylic acids is 1. The second-order valence-corrected chi connectivity index (χ2v) is 5.43. The van der Waals surface area contributed by atoms with E-state index in [1.165, 1.54) is 24.3 Å². The molecule has 2 N–H and O–H groups in total. The molecule has 1 unspecified atom stereocenters. The van der Waals surface area contributed by atoms with Gasteiger partial charge in [-0.3, -0.25) is 14.3 Å². The zero-order chi connectivity index (χ0) is 17.0. The SMILES string of the molecule is CC(C)n1ccc(C(=O)NCC(C(=O)O)c2ccc(F)cc2)n1. The first-order chi connectivity index (χ1) is 10.9. The molecule has 122 valence electrons. The van der Waals surface area contributed by atoms with Crippen LogP contribution in [0, 0.1) is 5.82 Å². The van der Waals surface area contributed by atoms with Gasteiger partial charge in [0.05, 0.1) is 5.92 Å². The Balaban J connectivity index is 2.04. The minimum atomic E-state index is -1.09. The molecular weight excluding hydrogens is 301 g/mol. The Morgan fingerprint density at radius 2 is 1.91 bits per heavy atom. The van der Waals surface area contributed by atoms with Crippen LogP contribution in [0.5, 0.6) is 0 Å². The van der Waals surface area contributed by atoms with Crippen LogP contribution in [0.1, 0.15) is 41.9 Å². The number of benzene rings is 1. The van der Waals surface area contributed by atoms with Gasteiger partial charge in [-0.25, -0.2) is 4.39 Å². The fourth-order valence-electron chi connectivity index (χ4n) is 2.07. The summed E-state index contributed by atoms with van der Waals surface area (Å²) >= 11 is 0. The van der Waals surface area contributed by atoms with Crippen LogP contribution in [-0.2, 0) is 4.79 Å². The number of carboxylic acid groups (broad SMARTS) is 1. The molecule has 0 spiro atoms. The smallest absolute Gasteiger partial charge is 0.312 e. The summed E-state index contributed by atoms with van der Waals surface area (Å²) in [5, 5.41) is 16.0. The summed E-state index contributed by atoms with van der Waals surface area (Å²) in [6.45, 7) is 3.77. The number of halogens is 1. The Morgan fingerprint density at radius 3 is 2.43 bits per heavy atom. The average Bonchev–Trinajstić information content (AvgIpc) is 2.99. The van der Waals surface area contributed by atoms with E-state index in [9.17, 15) is 19.1 Å². The quantitative estimate of drug-likeness (QED) is 0.855. The molecule has 0 bridgehead atoms. The van der Waals surface area contributed by atoms with Gasteiger partial charge >= 0.3 is 5.97 Å². The molecule has 1 aromatic carbocycles. The molecular formula is C16H18FN3O3. The first-order valence-corrected chi connectivity index (χ1v) is 7.20. The minimum absolute atomic E-state index is 0.103. The standard InChI is InChI=1S/C16H18FN3O3/c1-10(2)20-8-7-14(19-20)15(21)18-9-13(16(22)23)11-3-5-12(17)6-4-11/h3-8,10,13H,9H2,1-2H3,(H,18,21)(H,22,23). The number of nitrogens with one attached hydrogen (secondary N) is 1. The normalized spacial score (nSPS) is 12.2. The summed E-state index contributed by atoms with van der Waals surface area (Å²) in [6, 6.07) is 6.88. The highest BCUT2D eigenvalue weighted by molar-refractivity contribution is 5.92. The summed E-state index contributed by atoms with van der Waals surface area (Å²) in [5.74, 6) is -2.93. The third-order valence-corrected chi connectivity index (χ3v) is 3.41. The molecule has 0 saturated carbocycles. The van der Waals surface area contributed by atoms with E-state index in [-0.39, 0.29) is 18.3 Å². The summed E-state index contributed by atoms with van der Waals surface area (Å²) in [4.78, 5) is 23.4. The van der Waals surface area contributed by atoms with Crippen LogP contribution in [0.3, 0.4) is 0 Å². The average molecular weight is 319 g/mol. The van der Waals surface area contributed by atoms with Gasteiger partial charge in [0.1, 0.15) is 11.5 Å². The minimum Gasteiger partial charge on any atom is -0.481 e. The molecule has 7 heteroatoms. The van der Waals surface area contributed by atoms with Gasteiger partial charge < -0.3 is 10.4 Å². The first kappa shape index (κ1) is 16.7. The molecule has 0 radical (unpaired) electrons. The molecule has 23 heavy (non-hydrogen) atoms. The number of carbonyl (C=O) groups excluding carboxylic acids is 1. The van der Waals surface area contributed by atoms with E-state index in [1.54, 1.807) is 16.9 Å². The predicted molar refractivity (Wildman–Crippen MR) is 81.7 cm³/mol. The van der Waals surface area contributed by atoms with Crippen molar-refractivity contribution in [2.45, 2.75) is 25.8 Å². The predicted octanol–water partition coefficient (Wildman–Crippen LogP) is 2.20. The Kier molecular flexibility index (Phi) is 5.10. The van der Waals surface area contributed by atoms with Crippen LogP contribution in [0.25, 0.3) is 0 Å². The second kappa shape index (κ2) is 7.04. The fourth-order valence-corrected chi connectivity index (χ4v) is 2.07. The maximum atomic E-state index is 12.9. The third kappa shape index (κ3) is 4.15. The number of rotatable bonds is 6. The number of hydrogen-bond acceptors (Lipinski definition) is 3. The van der Waals surface area contributed by atoms with Crippen molar-refractivity contribution in [1.82, 2.24) is 15.1 Å². The van der Waals surface area contributed by atoms with E-state index < -0.39 is 23.6 Å². The lowest BCUT2D eigenvalue weighted by molar-refractivity contribution is -0.138. The third-order valence-electron chi connectivity index (χ3n) is 3.41. The lowest BCUT2D eigenvalue weighted by atomic mass is 9.99. The number of hydrogen-bond donors (Lipinski definition) is 2. The van der Waals surface area contributed by atoms with Crippen molar-refractivity contribution in [2.75, 3.05) is 6.54 Å². The molecule has 0 fully saturated rings. The molecule has 0 saturated heterocycles. The Labute approximate surface area is 132 Å². The monoisotopic (exact) mass is 319 g/mol. The molecule has 6 nitrogen and oxygen atoms in total. The van der Waals surface area contributed by atoms with Crippen LogP contribution in [0.4, 0.5) is 4.39 Å². The molecule has 0 aliphatic rings. The summed E-state index contributed by atoms with van der Waals surface area (Å²) in [5.41, 5.74) is 0.647. The van der Waals surface area contributed by atoms with E-state index in [0.717, 1.165) is 0 Å². The van der Waals surface area contributed by atoms with Gasteiger partial charge in [0.15, 0.2) is 0 Å². The molecule has 1 heterocycles. The van der Waals surface area contributed by atoms with Crippen LogP contribution in [0.2, 0.25) is 0 Å². The van der Waals surface area contributed by atoms with Gasteiger partial charge in [0, 0.05) is 18.8 Å². The maximum Gasteiger partial charge on any atom is 0.312 e. The maximum absolute atomic E-state index is 12.9. The Bertz CT molecular complexity index is 695. The number of aromatic nitrogens is 2. The fraction of sp³-hybridized carbons (Fsp3) is 0.312. The van der Waals surface area contributed by atoms with Crippen molar-refractivity contribution in [3.05, 3.63) is 53.6 Å². The first-order valence-electron chi connectivity index (χ1n) is 7.20. The van der Waals surface area contributed by atoms with E-state index >= 15 is 0 Å². The molecule has 1 amide bonds. The summed E-state index contributed by atoms with van der Waals surface area (Å²) < 4.78 is 14.6. The summed E-state index contributed by atoms with van der Waals surface area (Å²) in [7, 11) is 0. The van der Waals surface area contributed by atoms with Gasteiger partial charge in [0.2, 0.25) is 0 Å². The van der Waals surface area contributed by atoms with Gasteiger partial charge in [-0.1, -0.05) is 12.1 Å². The lowest BCUT2D eigenvalue weighted by Crippen LogP contribution is -2.32. The lowest BCUT2D eigenvalue weighted by Gasteiger charge is -2.13. The Morgan fingerprint density at radius 1 is 1.26 bits per heavy atom. The molecule has 2 rings (SSSR count). The van der Waals surface area contributed by atoms with E-state index in [0.29, 0.717) is 5.56 Å². The van der Waals surface area contributed by atoms with Gasteiger partial charge in [0.25, 0.3) is 5.91 Å². The van der Waals surface area contributed by atoms with Crippen LogP contribution < -0.4 is 5.32 Å². The zero-order valence-electron chi connectivity index (χ0n) is 12.9. The van der Waals surface area contributed by atoms with Crippen LogP contribution in [-0.4, -0.2) is 33.3 Å². The van der Waals surface area contributed by atoms with E-state index in [2.05, 4.69) is 10.4 Å².